The summed E-state index contributed by atoms with van der Waals surface area (Å²) in [5.74, 6) is 1.40. The number of hydrogen-bond donors (Lipinski definition) is 0. The predicted molar refractivity (Wildman–Crippen MR) is 94.6 cm³/mol. The van der Waals surface area contributed by atoms with E-state index < -0.39 is 0 Å². The summed E-state index contributed by atoms with van der Waals surface area (Å²) < 4.78 is 6.46. The van der Waals surface area contributed by atoms with Crippen molar-refractivity contribution < 1.29 is 9.53 Å². The normalized spacial score (nSPS) is 17.9. The van der Waals surface area contributed by atoms with E-state index in [1.807, 2.05) is 54.3 Å². The van der Waals surface area contributed by atoms with Gasteiger partial charge in [0.15, 0.2) is 0 Å². The van der Waals surface area contributed by atoms with E-state index >= 15 is 0 Å². The van der Waals surface area contributed by atoms with Crippen molar-refractivity contribution in [2.75, 3.05) is 17.8 Å². The highest BCUT2D eigenvalue weighted by Crippen LogP contribution is 2.45. The van der Waals surface area contributed by atoms with Crippen LogP contribution < -0.4 is 9.64 Å². The van der Waals surface area contributed by atoms with Gasteiger partial charge in [-0.3, -0.25) is 9.69 Å². The Morgan fingerprint density at radius 1 is 1.23 bits per heavy atom. The molecule has 114 valence electrons. The molecule has 1 atom stereocenters. The summed E-state index contributed by atoms with van der Waals surface area (Å²) in [5.41, 5.74) is 3.11. The molecule has 2 aromatic rings. The number of ether oxygens (including phenoxy) is 1. The van der Waals surface area contributed by atoms with Gasteiger partial charge in [0.05, 0.1) is 12.9 Å². The van der Waals surface area contributed by atoms with Gasteiger partial charge in [-0.15, -0.1) is 11.8 Å². The summed E-state index contributed by atoms with van der Waals surface area (Å²) in [6.07, 6.45) is 0. The highest BCUT2D eigenvalue weighted by molar-refractivity contribution is 9.10. The zero-order valence-electron chi connectivity index (χ0n) is 12.4. The van der Waals surface area contributed by atoms with Gasteiger partial charge in [0.25, 0.3) is 0 Å². The Kier molecular flexibility index (Phi) is 4.45. The lowest BCUT2D eigenvalue weighted by Crippen LogP contribution is -2.28. The second-order valence-electron chi connectivity index (χ2n) is 5.15. The van der Waals surface area contributed by atoms with Crippen LogP contribution in [0.4, 0.5) is 5.69 Å². The van der Waals surface area contributed by atoms with Crippen molar-refractivity contribution in [2.45, 2.75) is 12.3 Å². The molecule has 0 N–H and O–H groups in total. The fourth-order valence-electron chi connectivity index (χ4n) is 2.54. The minimum Gasteiger partial charge on any atom is -0.496 e. The third-order valence-corrected chi connectivity index (χ3v) is 5.33. The van der Waals surface area contributed by atoms with Gasteiger partial charge in [-0.05, 0) is 37.3 Å². The summed E-state index contributed by atoms with van der Waals surface area (Å²) in [6, 6.07) is 13.9. The van der Waals surface area contributed by atoms with Crippen LogP contribution in [0.1, 0.15) is 16.5 Å². The molecular formula is C17H16BrNO2S. The molecule has 5 heteroatoms. The number of thioether (sulfide) groups is 1. The van der Waals surface area contributed by atoms with Gasteiger partial charge in [-0.2, -0.15) is 0 Å². The molecule has 0 aromatic heterocycles. The molecule has 3 nitrogen and oxygen atoms in total. The van der Waals surface area contributed by atoms with Crippen LogP contribution in [0.3, 0.4) is 0 Å². The number of carbonyl (C=O) groups excluding carboxylic acids is 1. The molecule has 1 aliphatic heterocycles. The first-order valence-corrected chi connectivity index (χ1v) is 8.78. The number of benzene rings is 2. The van der Waals surface area contributed by atoms with Crippen LogP contribution in [0.25, 0.3) is 0 Å². The first-order chi connectivity index (χ1) is 10.6. The van der Waals surface area contributed by atoms with Gasteiger partial charge in [0.2, 0.25) is 5.91 Å². The molecular weight excluding hydrogens is 362 g/mol. The zero-order chi connectivity index (χ0) is 15.7. The number of methoxy groups -OCH3 is 1. The maximum absolute atomic E-state index is 12.4. The van der Waals surface area contributed by atoms with E-state index in [0.717, 1.165) is 21.5 Å². The Bertz CT molecular complexity index is 702. The Morgan fingerprint density at radius 3 is 2.64 bits per heavy atom. The number of carbonyl (C=O) groups is 1. The summed E-state index contributed by atoms with van der Waals surface area (Å²) in [7, 11) is 1.66. The summed E-state index contributed by atoms with van der Waals surface area (Å²) >= 11 is 5.13. The lowest BCUT2D eigenvalue weighted by Gasteiger charge is -2.26. The molecule has 0 spiro atoms. The molecule has 3 rings (SSSR count). The summed E-state index contributed by atoms with van der Waals surface area (Å²) in [6.45, 7) is 2.04. The maximum Gasteiger partial charge on any atom is 0.238 e. The fourth-order valence-corrected chi connectivity index (χ4v) is 4.11. The third kappa shape index (κ3) is 2.88. The lowest BCUT2D eigenvalue weighted by atomic mass is 10.1. The van der Waals surface area contributed by atoms with Gasteiger partial charge >= 0.3 is 0 Å². The van der Waals surface area contributed by atoms with Crippen molar-refractivity contribution in [3.8, 4) is 5.75 Å². The average Bonchev–Trinajstić information content (AvgIpc) is 2.90. The fraction of sp³-hybridized carbons (Fsp3) is 0.235. The van der Waals surface area contributed by atoms with Crippen LogP contribution in [0, 0.1) is 6.92 Å². The topological polar surface area (TPSA) is 29.5 Å². The molecule has 2 aromatic carbocycles. The Balaban J connectivity index is 2.04. The van der Waals surface area contributed by atoms with Crippen molar-refractivity contribution in [1.82, 2.24) is 0 Å². The van der Waals surface area contributed by atoms with Crippen LogP contribution in [0.5, 0.6) is 5.75 Å². The van der Waals surface area contributed by atoms with E-state index in [4.69, 9.17) is 4.74 Å². The SMILES string of the molecule is COc1ccc(Br)cc1[C@H]1SCC(=O)N1c1ccc(C)cc1. The molecule has 1 fully saturated rings. The number of hydrogen-bond acceptors (Lipinski definition) is 3. The van der Waals surface area contributed by atoms with Gasteiger partial charge in [-0.1, -0.05) is 33.6 Å². The van der Waals surface area contributed by atoms with E-state index in [-0.39, 0.29) is 11.3 Å². The summed E-state index contributed by atoms with van der Waals surface area (Å²) in [4.78, 5) is 14.2. The van der Waals surface area contributed by atoms with Crippen molar-refractivity contribution in [3.63, 3.8) is 0 Å². The largest absolute Gasteiger partial charge is 0.496 e. The molecule has 1 aliphatic rings. The van der Waals surface area contributed by atoms with Crippen LogP contribution in [0.2, 0.25) is 0 Å². The van der Waals surface area contributed by atoms with Gasteiger partial charge in [0, 0.05) is 15.7 Å². The molecule has 0 radical (unpaired) electrons. The molecule has 0 saturated carbocycles. The number of halogens is 1. The maximum atomic E-state index is 12.4. The Labute approximate surface area is 142 Å². The number of anilines is 1. The van der Waals surface area contributed by atoms with Gasteiger partial charge in [0.1, 0.15) is 11.1 Å². The van der Waals surface area contributed by atoms with E-state index in [1.165, 1.54) is 5.56 Å². The molecule has 0 unspecified atom stereocenters. The quantitative estimate of drug-likeness (QED) is 0.785. The zero-order valence-corrected chi connectivity index (χ0v) is 14.8. The molecule has 1 heterocycles. The van der Waals surface area contributed by atoms with Crippen molar-refractivity contribution in [2.24, 2.45) is 0 Å². The van der Waals surface area contributed by atoms with E-state index in [0.29, 0.717) is 5.75 Å². The minimum absolute atomic E-state index is 0.0670. The van der Waals surface area contributed by atoms with Crippen molar-refractivity contribution in [3.05, 3.63) is 58.1 Å². The van der Waals surface area contributed by atoms with E-state index in [9.17, 15) is 4.79 Å². The number of rotatable bonds is 3. The summed E-state index contributed by atoms with van der Waals surface area (Å²) in [5, 5.41) is -0.0670. The molecule has 1 saturated heterocycles. The molecule has 22 heavy (non-hydrogen) atoms. The molecule has 0 aliphatic carbocycles. The number of aryl methyl sites for hydroxylation is 1. The highest BCUT2D eigenvalue weighted by Gasteiger charge is 2.35. The van der Waals surface area contributed by atoms with E-state index in [2.05, 4.69) is 15.9 Å². The van der Waals surface area contributed by atoms with Crippen molar-refractivity contribution in [1.29, 1.82) is 0 Å². The van der Waals surface area contributed by atoms with Crippen LogP contribution in [-0.2, 0) is 4.79 Å². The number of nitrogens with zero attached hydrogens (tertiary/aromatic N) is 1. The second-order valence-corrected chi connectivity index (χ2v) is 7.13. The third-order valence-electron chi connectivity index (χ3n) is 3.64. The van der Waals surface area contributed by atoms with Crippen LogP contribution >= 0.6 is 27.7 Å². The van der Waals surface area contributed by atoms with Gasteiger partial charge < -0.3 is 4.74 Å². The standard InChI is InChI=1S/C17H16BrNO2S/c1-11-3-6-13(7-4-11)19-16(20)10-22-17(19)14-9-12(18)5-8-15(14)21-2/h3-9,17H,10H2,1-2H3/t17-/m1/s1. The first kappa shape index (κ1) is 15.4. The highest BCUT2D eigenvalue weighted by atomic mass is 79.9. The van der Waals surface area contributed by atoms with Gasteiger partial charge in [-0.25, -0.2) is 0 Å². The second kappa shape index (κ2) is 6.34. The smallest absolute Gasteiger partial charge is 0.238 e. The Morgan fingerprint density at radius 2 is 1.95 bits per heavy atom. The van der Waals surface area contributed by atoms with Crippen LogP contribution in [-0.4, -0.2) is 18.8 Å². The van der Waals surface area contributed by atoms with E-state index in [1.54, 1.807) is 18.9 Å². The van der Waals surface area contributed by atoms with Crippen molar-refractivity contribution >= 4 is 39.3 Å². The molecule has 1 amide bonds. The Hall–Kier alpha value is -1.46. The predicted octanol–water partition coefficient (Wildman–Crippen LogP) is 4.54. The monoisotopic (exact) mass is 377 g/mol. The number of amides is 1. The lowest BCUT2D eigenvalue weighted by molar-refractivity contribution is -0.115. The molecule has 0 bridgehead atoms. The average molecular weight is 378 g/mol. The first-order valence-electron chi connectivity index (χ1n) is 6.94. The van der Waals surface area contributed by atoms with Crippen LogP contribution in [0.15, 0.2) is 46.9 Å². The minimum atomic E-state index is -0.0670.